The fraction of sp³-hybridized carbons (Fsp3) is 0.556. The molecule has 148 valence electrons. The van der Waals surface area contributed by atoms with Crippen molar-refractivity contribution in [3.63, 3.8) is 0 Å². The van der Waals surface area contributed by atoms with Gasteiger partial charge in [-0.25, -0.2) is 13.9 Å². The summed E-state index contributed by atoms with van der Waals surface area (Å²) in [6.07, 6.45) is -6.50. The smallest absolute Gasteiger partial charge is 0.387 e. The highest BCUT2D eigenvalue weighted by Crippen LogP contribution is 2.57. The number of hydrogen-bond acceptors (Lipinski definition) is 9. The highest BCUT2D eigenvalue weighted by molar-refractivity contribution is 7.60. The molecule has 5 atom stereocenters. The lowest BCUT2D eigenvalue weighted by Gasteiger charge is -2.17. The molecule has 1 aliphatic heterocycles. The third kappa shape index (κ3) is 4.92. The van der Waals surface area contributed by atoms with Crippen LogP contribution in [-0.4, -0.2) is 59.4 Å². The number of halogens is 1. The topological polar surface area (TPSA) is 218 Å². The lowest BCUT2D eigenvalue weighted by molar-refractivity contribution is -0.0546. The van der Waals surface area contributed by atoms with Crippen LogP contribution >= 0.6 is 15.6 Å². The fourth-order valence-corrected chi connectivity index (χ4v) is 3.67. The maximum atomic E-state index is 13.3. The Labute approximate surface area is 142 Å². The lowest BCUT2D eigenvalue weighted by Crippen LogP contribution is -2.38. The first-order chi connectivity index (χ1) is 11.8. The Bertz CT molecular complexity index is 878. The molecule has 0 amide bonds. The summed E-state index contributed by atoms with van der Waals surface area (Å²) in [5.41, 5.74) is -2.50. The highest BCUT2D eigenvalue weighted by Gasteiger charge is 2.45. The normalized spacial score (nSPS) is 28.8. The molecule has 6 N–H and O–H groups in total. The Morgan fingerprint density at radius 1 is 1.23 bits per heavy atom. The number of rotatable bonds is 6. The standard InChI is InChI=1S/C9H13FN2O12P2/c10-3-1-12(9(16)11-7(3)15)8-6(14)5(13)4(23-8)2-22-26(20,21)24-25(17,18)19/h1,4-6,8,13-14H,2H2,(H,20,21)(H,11,15,16)(H2,17,18,19)/t4-,5+,6-,8-/m0/s1. The number of H-pyrrole nitrogens is 1. The van der Waals surface area contributed by atoms with E-state index in [2.05, 4.69) is 8.83 Å². The van der Waals surface area contributed by atoms with Gasteiger partial charge in [-0.05, 0) is 0 Å². The molecule has 1 saturated heterocycles. The van der Waals surface area contributed by atoms with Gasteiger partial charge in [0, 0.05) is 0 Å². The molecule has 0 radical (unpaired) electrons. The van der Waals surface area contributed by atoms with Crippen LogP contribution in [-0.2, 0) is 22.7 Å². The first kappa shape index (κ1) is 21.1. The molecule has 2 heterocycles. The number of aromatic nitrogens is 2. The Kier molecular flexibility index (Phi) is 5.99. The minimum absolute atomic E-state index is 0.416. The molecular formula is C9H13FN2O12P2. The van der Waals surface area contributed by atoms with Gasteiger partial charge in [-0.2, -0.15) is 8.70 Å². The van der Waals surface area contributed by atoms with E-state index in [1.54, 1.807) is 4.98 Å². The third-order valence-corrected chi connectivity index (χ3v) is 5.30. The van der Waals surface area contributed by atoms with E-state index in [-0.39, 0.29) is 0 Å². The number of phosphoric acid groups is 2. The maximum absolute atomic E-state index is 13.3. The number of phosphoric ester groups is 1. The van der Waals surface area contributed by atoms with Crippen molar-refractivity contribution in [3.05, 3.63) is 32.9 Å². The molecule has 0 aromatic carbocycles. The molecule has 1 fully saturated rings. The average Bonchev–Trinajstić information content (AvgIpc) is 2.75. The predicted molar refractivity (Wildman–Crippen MR) is 76.1 cm³/mol. The quantitative estimate of drug-likeness (QED) is 0.263. The van der Waals surface area contributed by atoms with Crippen molar-refractivity contribution < 1.29 is 52.0 Å². The number of nitrogens with one attached hydrogen (secondary N) is 1. The first-order valence-electron chi connectivity index (χ1n) is 6.57. The molecule has 14 nitrogen and oxygen atoms in total. The summed E-state index contributed by atoms with van der Waals surface area (Å²) in [5.74, 6) is -1.38. The van der Waals surface area contributed by atoms with Crippen LogP contribution in [0.2, 0.25) is 0 Å². The second-order valence-electron chi connectivity index (χ2n) is 5.03. The van der Waals surface area contributed by atoms with Crippen LogP contribution in [0.25, 0.3) is 0 Å². The minimum Gasteiger partial charge on any atom is -0.387 e. The number of aliphatic hydroxyl groups excluding tert-OH is 2. The van der Waals surface area contributed by atoms with Crippen LogP contribution in [0.3, 0.4) is 0 Å². The van der Waals surface area contributed by atoms with E-state index >= 15 is 0 Å². The summed E-state index contributed by atoms with van der Waals surface area (Å²) >= 11 is 0. The van der Waals surface area contributed by atoms with Gasteiger partial charge in [0.15, 0.2) is 6.23 Å². The molecule has 2 rings (SSSR count). The summed E-state index contributed by atoms with van der Waals surface area (Å²) in [6, 6.07) is 0. The molecule has 0 spiro atoms. The number of nitrogens with zero attached hydrogens (tertiary/aromatic N) is 1. The Balaban J connectivity index is 2.14. The lowest BCUT2D eigenvalue weighted by atomic mass is 10.1. The van der Waals surface area contributed by atoms with E-state index in [4.69, 9.17) is 19.4 Å². The Morgan fingerprint density at radius 2 is 1.85 bits per heavy atom. The molecule has 0 aliphatic carbocycles. The van der Waals surface area contributed by atoms with Crippen molar-refractivity contribution in [1.82, 2.24) is 9.55 Å². The van der Waals surface area contributed by atoms with Crippen molar-refractivity contribution in [2.24, 2.45) is 0 Å². The molecule has 0 saturated carbocycles. The SMILES string of the molecule is O=c1[nH]c(=O)n([C@H]2O[C@@H](COP(=O)(O)OP(=O)(O)O)[C@@H](O)[C@@H]2O)cc1F. The molecular weight excluding hydrogens is 409 g/mol. The van der Waals surface area contributed by atoms with Crippen LogP contribution in [0, 0.1) is 5.82 Å². The highest BCUT2D eigenvalue weighted by atomic mass is 31.3. The van der Waals surface area contributed by atoms with Crippen LogP contribution in [0.5, 0.6) is 0 Å². The predicted octanol–water partition coefficient (Wildman–Crippen LogP) is -2.48. The Hall–Kier alpha value is -1.25. The van der Waals surface area contributed by atoms with Gasteiger partial charge in [0.2, 0.25) is 5.82 Å². The van der Waals surface area contributed by atoms with Gasteiger partial charge < -0.3 is 29.6 Å². The van der Waals surface area contributed by atoms with E-state index in [0.29, 0.717) is 10.8 Å². The van der Waals surface area contributed by atoms with Crippen molar-refractivity contribution in [3.8, 4) is 0 Å². The van der Waals surface area contributed by atoms with Gasteiger partial charge in [0.25, 0.3) is 5.56 Å². The fourth-order valence-electron chi connectivity index (χ4n) is 2.07. The van der Waals surface area contributed by atoms with E-state index in [0.717, 1.165) is 0 Å². The van der Waals surface area contributed by atoms with Crippen LogP contribution < -0.4 is 11.2 Å². The van der Waals surface area contributed by atoms with Gasteiger partial charge in [-0.1, -0.05) is 0 Å². The minimum atomic E-state index is -5.36. The van der Waals surface area contributed by atoms with Crippen molar-refractivity contribution in [1.29, 1.82) is 0 Å². The van der Waals surface area contributed by atoms with E-state index < -0.39 is 63.9 Å². The molecule has 26 heavy (non-hydrogen) atoms. The molecule has 17 heteroatoms. The summed E-state index contributed by atoms with van der Waals surface area (Å²) < 4.78 is 48.4. The molecule has 0 bridgehead atoms. The summed E-state index contributed by atoms with van der Waals surface area (Å²) in [6.45, 7) is -0.997. The number of hydrogen-bond donors (Lipinski definition) is 6. The van der Waals surface area contributed by atoms with Crippen molar-refractivity contribution in [2.45, 2.75) is 24.5 Å². The summed E-state index contributed by atoms with van der Waals surface area (Å²) in [5, 5.41) is 19.7. The largest absolute Gasteiger partial charge is 0.481 e. The number of aromatic amines is 1. The van der Waals surface area contributed by atoms with E-state index in [1.165, 1.54) is 0 Å². The van der Waals surface area contributed by atoms with Gasteiger partial charge in [0.1, 0.15) is 18.3 Å². The average molecular weight is 422 g/mol. The second kappa shape index (κ2) is 7.40. The molecule has 1 aromatic rings. The van der Waals surface area contributed by atoms with Crippen molar-refractivity contribution >= 4 is 15.6 Å². The number of aliphatic hydroxyl groups is 2. The zero-order valence-corrected chi connectivity index (χ0v) is 14.2. The van der Waals surface area contributed by atoms with Gasteiger partial charge in [-0.3, -0.25) is 18.9 Å². The van der Waals surface area contributed by atoms with Gasteiger partial charge in [0.05, 0.1) is 12.8 Å². The van der Waals surface area contributed by atoms with E-state index in [9.17, 15) is 33.3 Å². The van der Waals surface area contributed by atoms with Crippen LogP contribution in [0.4, 0.5) is 4.39 Å². The van der Waals surface area contributed by atoms with Crippen LogP contribution in [0.15, 0.2) is 15.8 Å². The van der Waals surface area contributed by atoms with Gasteiger partial charge in [-0.15, -0.1) is 0 Å². The first-order valence-corrected chi connectivity index (χ1v) is 9.60. The summed E-state index contributed by atoms with van der Waals surface area (Å²) in [7, 11) is -10.6. The number of ether oxygens (including phenoxy) is 1. The third-order valence-electron chi connectivity index (χ3n) is 3.15. The maximum Gasteiger partial charge on any atom is 0.481 e. The van der Waals surface area contributed by atoms with E-state index in [1.807, 2.05) is 0 Å². The summed E-state index contributed by atoms with van der Waals surface area (Å²) in [4.78, 5) is 50.3. The van der Waals surface area contributed by atoms with Gasteiger partial charge >= 0.3 is 21.3 Å². The van der Waals surface area contributed by atoms with Crippen molar-refractivity contribution in [2.75, 3.05) is 6.61 Å². The second-order valence-corrected chi connectivity index (χ2v) is 7.86. The Morgan fingerprint density at radius 3 is 2.42 bits per heavy atom. The zero-order valence-electron chi connectivity index (χ0n) is 12.4. The molecule has 1 aliphatic rings. The monoisotopic (exact) mass is 422 g/mol. The van der Waals surface area contributed by atoms with Crippen LogP contribution in [0.1, 0.15) is 6.23 Å². The molecule has 1 aromatic heterocycles. The molecule has 1 unspecified atom stereocenters. The zero-order chi connectivity index (χ0) is 19.9.